The summed E-state index contributed by atoms with van der Waals surface area (Å²) in [6.07, 6.45) is 16.8. The van der Waals surface area contributed by atoms with Crippen LogP contribution in [0.5, 0.6) is 5.88 Å². The van der Waals surface area contributed by atoms with E-state index in [0.29, 0.717) is 29.2 Å². The number of aliphatic hydroxyl groups excluding tert-OH is 1. The first-order chi connectivity index (χ1) is 54.3. The van der Waals surface area contributed by atoms with Crippen LogP contribution in [-0.4, -0.2) is 211 Å². The van der Waals surface area contributed by atoms with Gasteiger partial charge in [0.25, 0.3) is 11.8 Å². The standard InChI is InChI=1S/C77H96N16O21/c1-7-12-60-46(6)59(94)38-61(114-60)54(16-10-13-42(2)33-44(4)34-43(3)18-28-53-14-11-17-66(102)113-53)88-77(111)112-32-30-50-41-93(92-91-50)52-26-22-47(23-27-52)69(103)79-31-9-8-15-55(75(109)110)85-72(106)57(36-64(98)99)87-73(107)58(37-65(100)101)86-71(105)56(35-63(96)97)84-62(95)29-19-45(5)82-70(104)48-20-24-49(25-21-48)80-39-51-40-81-68-67(83-51)74(108)90-76(78)89-68/h7,10-13,16-18,20-28,34,40-41,44-46,53-61,80,94H,8-9,14-15,19,29-33,35-39H2,1-6H3,(H,79,103)(H,82,104)(H,84,95)(H,85,106)(H,86,105)(H,87,107)(H,88,111)(H,96,97)(H,98,99)(H,100,101)(H,109,110)(H3,78,81,89,90,108)/b12-7+,16-10+,28-18+,42-13+,43-34-/t44-,45-,46+,53-,54-,55+,56-,57+,58+,59-,60+,61+/m1/s1. The van der Waals surface area contributed by atoms with E-state index in [2.05, 4.69) is 75.1 Å². The van der Waals surface area contributed by atoms with Gasteiger partial charge in [0.05, 0.1) is 86.2 Å². The fraction of sp³-hybridized carbons (Fsp3) is 0.429. The molecule has 0 spiro atoms. The Labute approximate surface area is 654 Å². The highest BCUT2D eigenvalue weighted by Gasteiger charge is 2.38. The molecule has 2 aromatic carbocycles. The summed E-state index contributed by atoms with van der Waals surface area (Å²) in [6, 6.07) is 3.42. The SMILES string of the molecule is C/C=C/[C@@H]1O[C@H]([C@@H](/C=C/C=C(\C)C[C@@H](C)/C=C(C)\C=C\[C@H]2CC=CC(=O)O2)NC(=O)OCCc2cn(-c3ccc(C(=O)NCCCC[C@H](NC(=O)[C@H](CC(=O)O)NC(=O)[C@H](CC(=O)O)NC(=O)[C@@H](CC(=O)O)NC(=O)CC[C@@H](C)NC(=O)c4ccc(NCc5cnc6nc(N)nc(O)c6n5)cc4)C(=O)O)cc3)nn2)C[C@@H](O)[C@@H]1C. The molecule has 7 rings (SSSR count). The number of aliphatic hydroxyl groups is 1. The molecule has 0 saturated carbocycles. The Hall–Kier alpha value is -12.8. The number of aliphatic carboxylic acids is 4. The lowest BCUT2D eigenvalue weighted by Crippen LogP contribution is -2.58. The van der Waals surface area contributed by atoms with Gasteiger partial charge in [-0.2, -0.15) is 9.97 Å². The topological polar surface area (TPSA) is 558 Å². The number of cyclic esters (lactones) is 1. The number of nitrogens with two attached hydrogens (primary N) is 1. The second-order valence-corrected chi connectivity index (χ2v) is 27.5. The molecule has 1 saturated heterocycles. The molecule has 0 bridgehead atoms. The summed E-state index contributed by atoms with van der Waals surface area (Å²) in [4.78, 5) is 169. The number of hydrogen-bond donors (Lipinski definition) is 15. The molecule has 16 N–H and O–H groups in total. The van der Waals surface area contributed by atoms with Crippen LogP contribution in [0, 0.1) is 11.8 Å². The third-order valence-corrected chi connectivity index (χ3v) is 18.0. The molecule has 0 aliphatic carbocycles. The van der Waals surface area contributed by atoms with Gasteiger partial charge in [-0.05, 0) is 120 Å². The minimum atomic E-state index is -2.12. The smallest absolute Gasteiger partial charge is 0.407 e. The molecule has 1 fully saturated rings. The van der Waals surface area contributed by atoms with E-state index in [4.69, 9.17) is 19.9 Å². The number of nitrogen functional groups attached to an aromatic ring is 1. The number of carbonyl (C=O) groups excluding carboxylic acids is 8. The number of carboxylic acid groups (broad SMARTS) is 4. The maximum atomic E-state index is 13.6. The van der Waals surface area contributed by atoms with E-state index in [0.717, 1.165) is 17.6 Å². The number of aromatic hydroxyl groups is 1. The zero-order chi connectivity index (χ0) is 83.1. The minimum Gasteiger partial charge on any atom is -0.492 e. The van der Waals surface area contributed by atoms with Crippen LogP contribution >= 0.6 is 0 Å². The van der Waals surface area contributed by atoms with Crippen LogP contribution in [-0.2, 0) is 70.3 Å². The normalized spacial score (nSPS) is 18.3. The van der Waals surface area contributed by atoms with Crippen molar-refractivity contribution in [3.05, 3.63) is 155 Å². The maximum absolute atomic E-state index is 13.6. The zero-order valence-electron chi connectivity index (χ0n) is 63.6. The number of anilines is 2. The molecule has 2 aliphatic rings. The molecule has 12 atom stereocenters. The van der Waals surface area contributed by atoms with Crippen LogP contribution in [0.25, 0.3) is 16.9 Å². The van der Waals surface area contributed by atoms with Crippen LogP contribution in [0.4, 0.5) is 16.4 Å². The van der Waals surface area contributed by atoms with Crippen LogP contribution in [0.3, 0.4) is 0 Å². The fourth-order valence-electron chi connectivity index (χ4n) is 12.0. The number of benzene rings is 2. The fourth-order valence-corrected chi connectivity index (χ4v) is 12.0. The van der Waals surface area contributed by atoms with Gasteiger partial charge in [0.15, 0.2) is 11.2 Å². The molecule has 114 heavy (non-hydrogen) atoms. The summed E-state index contributed by atoms with van der Waals surface area (Å²) in [5, 5.41) is 88.4. The Kier molecular flexibility index (Phi) is 33.9. The van der Waals surface area contributed by atoms with Crippen LogP contribution < -0.4 is 48.3 Å². The highest BCUT2D eigenvalue weighted by molar-refractivity contribution is 5.99. The summed E-state index contributed by atoms with van der Waals surface area (Å²) >= 11 is 0. The van der Waals surface area contributed by atoms with E-state index >= 15 is 0 Å². The van der Waals surface area contributed by atoms with Gasteiger partial charge >= 0.3 is 35.9 Å². The lowest BCUT2D eigenvalue weighted by Gasteiger charge is -2.39. The Balaban J connectivity index is 0.829. The average Bonchev–Trinajstić information content (AvgIpc) is 1.01. The highest BCUT2D eigenvalue weighted by Crippen LogP contribution is 2.29. The van der Waals surface area contributed by atoms with Crippen molar-refractivity contribution < 1.29 is 102 Å². The van der Waals surface area contributed by atoms with Gasteiger partial charge in [-0.3, -0.25) is 43.2 Å². The Bertz CT molecular complexity index is 4450. The third kappa shape index (κ3) is 29.1. The van der Waals surface area contributed by atoms with E-state index in [1.54, 1.807) is 43.5 Å². The molecule has 5 heterocycles. The Morgan fingerprint density at radius 3 is 2.04 bits per heavy atom. The number of allylic oxidation sites excluding steroid dienone is 7. The summed E-state index contributed by atoms with van der Waals surface area (Å²) < 4.78 is 18.8. The summed E-state index contributed by atoms with van der Waals surface area (Å²) in [7, 11) is 0. The minimum absolute atomic E-state index is 0.0352. The molecule has 3 aromatic heterocycles. The van der Waals surface area contributed by atoms with Gasteiger partial charge in [0, 0.05) is 67.1 Å². The number of rotatable bonds is 42. The van der Waals surface area contributed by atoms with E-state index < -0.39 is 145 Å². The Morgan fingerprint density at radius 2 is 1.39 bits per heavy atom. The van der Waals surface area contributed by atoms with Gasteiger partial charge in [-0.25, -0.2) is 29.0 Å². The number of alkyl carbamates (subject to hydrolysis) is 1. The second-order valence-electron chi connectivity index (χ2n) is 27.5. The third-order valence-electron chi connectivity index (χ3n) is 18.0. The highest BCUT2D eigenvalue weighted by atomic mass is 16.6. The van der Waals surface area contributed by atoms with Crippen molar-refractivity contribution in [1.82, 2.24) is 72.1 Å². The number of nitrogens with zero attached hydrogens (tertiary/aromatic N) is 7. The molecule has 37 heteroatoms. The number of fused-ring (bicyclic) bond motifs is 1. The molecule has 2 aliphatic heterocycles. The van der Waals surface area contributed by atoms with Crippen LogP contribution in [0.15, 0.2) is 133 Å². The average molecular weight is 1580 g/mol. The van der Waals surface area contributed by atoms with E-state index in [-0.39, 0.29) is 117 Å². The lowest BCUT2D eigenvalue weighted by atomic mass is 9.87. The van der Waals surface area contributed by atoms with Crippen LogP contribution in [0.2, 0.25) is 0 Å². The van der Waals surface area contributed by atoms with E-state index in [1.165, 1.54) is 41.2 Å². The van der Waals surface area contributed by atoms with Crippen molar-refractivity contribution in [3.8, 4) is 11.6 Å². The molecule has 37 nitrogen and oxygen atoms in total. The van der Waals surface area contributed by atoms with E-state index in [9.17, 15) is 88.2 Å². The summed E-state index contributed by atoms with van der Waals surface area (Å²) in [5.74, 6) is -13.6. The zero-order valence-corrected chi connectivity index (χ0v) is 63.6. The quantitative estimate of drug-likeness (QED) is 0.0113. The van der Waals surface area contributed by atoms with Gasteiger partial charge in [0.1, 0.15) is 30.3 Å². The number of amides is 7. The van der Waals surface area contributed by atoms with Gasteiger partial charge in [-0.15, -0.1) is 5.10 Å². The monoisotopic (exact) mass is 1580 g/mol. The second kappa shape index (κ2) is 43.7. The maximum Gasteiger partial charge on any atom is 0.407 e. The first kappa shape index (κ1) is 88.4. The number of aromatic nitrogens is 7. The number of unbranched alkanes of at least 4 members (excludes halogenated alkanes) is 1. The van der Waals surface area contributed by atoms with Gasteiger partial charge < -0.3 is 93.1 Å². The number of carbonyl (C=O) groups is 12. The number of carboxylic acids is 4. The molecular weight excluding hydrogens is 1480 g/mol. The van der Waals surface area contributed by atoms with Crippen molar-refractivity contribution in [2.45, 2.75) is 186 Å². The molecule has 610 valence electrons. The van der Waals surface area contributed by atoms with Crippen molar-refractivity contribution in [3.63, 3.8) is 0 Å². The largest absolute Gasteiger partial charge is 0.492 e. The molecule has 5 aromatic rings. The first-order valence-electron chi connectivity index (χ1n) is 36.8. The number of nitrogens with one attached hydrogen (secondary N) is 8. The molecule has 0 radical (unpaired) electrons. The summed E-state index contributed by atoms with van der Waals surface area (Å²) in [5.41, 5.74) is 10.3. The predicted molar refractivity (Wildman–Crippen MR) is 409 cm³/mol. The van der Waals surface area contributed by atoms with Crippen molar-refractivity contribution >= 4 is 94.2 Å². The predicted octanol–water partition coefficient (Wildman–Crippen LogP) is 4.12. The summed E-state index contributed by atoms with van der Waals surface area (Å²) in [6.45, 7) is 11.6. The molecule has 0 unspecified atom stereocenters. The number of ether oxygens (including phenoxy) is 3. The van der Waals surface area contributed by atoms with Gasteiger partial charge in [0.2, 0.25) is 35.5 Å². The number of esters is 1. The van der Waals surface area contributed by atoms with Crippen molar-refractivity contribution in [2.75, 3.05) is 24.2 Å². The van der Waals surface area contributed by atoms with E-state index in [1.807, 2.05) is 80.9 Å². The Morgan fingerprint density at radius 1 is 0.754 bits per heavy atom. The molecule has 7 amide bonds. The van der Waals surface area contributed by atoms with Crippen molar-refractivity contribution in [2.24, 2.45) is 11.8 Å². The van der Waals surface area contributed by atoms with Crippen LogP contribution in [0.1, 0.15) is 144 Å². The van der Waals surface area contributed by atoms with Gasteiger partial charge in [-0.1, -0.05) is 78.8 Å². The first-order valence-corrected chi connectivity index (χ1v) is 36.8. The lowest BCUT2D eigenvalue weighted by molar-refractivity contribution is -0.145. The van der Waals surface area contributed by atoms with Crippen molar-refractivity contribution in [1.29, 1.82) is 0 Å². The molecular formula is C77H96N16O21. The number of hydrogen-bond acceptors (Lipinski definition) is 25.